The van der Waals surface area contributed by atoms with E-state index < -0.39 is 0 Å². The lowest BCUT2D eigenvalue weighted by molar-refractivity contribution is 0.247. The van der Waals surface area contributed by atoms with E-state index in [0.717, 1.165) is 22.4 Å². The number of para-hydroxylation sites is 1. The second-order valence-electron chi connectivity index (χ2n) is 5.41. The van der Waals surface area contributed by atoms with Gasteiger partial charge in [0.1, 0.15) is 12.4 Å². The van der Waals surface area contributed by atoms with Crippen molar-refractivity contribution in [3.05, 3.63) is 58.1 Å². The van der Waals surface area contributed by atoms with E-state index in [4.69, 9.17) is 16.3 Å². The molecule has 23 heavy (non-hydrogen) atoms. The quantitative estimate of drug-likeness (QED) is 0.794. The number of carbonyl (C=O) groups is 1. The molecule has 0 unspecified atom stereocenters. The first-order valence-corrected chi connectivity index (χ1v) is 7.85. The van der Waals surface area contributed by atoms with Crippen molar-refractivity contribution >= 4 is 23.3 Å². The molecular formula is C18H21ClN2O2. The van der Waals surface area contributed by atoms with Gasteiger partial charge in [0.15, 0.2) is 0 Å². The van der Waals surface area contributed by atoms with Crippen LogP contribution in [0.3, 0.4) is 0 Å². The molecule has 5 heteroatoms. The third-order valence-corrected chi connectivity index (χ3v) is 3.73. The largest absolute Gasteiger partial charge is 0.491 e. The lowest BCUT2D eigenvalue weighted by Gasteiger charge is -2.13. The van der Waals surface area contributed by atoms with E-state index in [0.29, 0.717) is 23.9 Å². The molecule has 0 spiro atoms. The fourth-order valence-corrected chi connectivity index (χ4v) is 2.41. The van der Waals surface area contributed by atoms with Gasteiger partial charge in [-0.1, -0.05) is 35.9 Å². The van der Waals surface area contributed by atoms with E-state index in [9.17, 15) is 4.79 Å². The van der Waals surface area contributed by atoms with Crippen LogP contribution >= 0.6 is 11.6 Å². The summed E-state index contributed by atoms with van der Waals surface area (Å²) >= 11 is 5.93. The summed E-state index contributed by atoms with van der Waals surface area (Å²) in [5, 5.41) is 6.14. The normalized spacial score (nSPS) is 10.3. The van der Waals surface area contributed by atoms with Crippen molar-refractivity contribution < 1.29 is 9.53 Å². The van der Waals surface area contributed by atoms with Crippen molar-refractivity contribution in [1.82, 2.24) is 5.32 Å². The number of hydrogen-bond acceptors (Lipinski definition) is 2. The van der Waals surface area contributed by atoms with E-state index in [1.165, 1.54) is 0 Å². The minimum atomic E-state index is -0.277. The second kappa shape index (κ2) is 7.88. The predicted octanol–water partition coefficient (Wildman–Crippen LogP) is 4.47. The molecule has 0 aliphatic carbocycles. The van der Waals surface area contributed by atoms with Crippen LogP contribution in [0.1, 0.15) is 16.7 Å². The zero-order valence-corrected chi connectivity index (χ0v) is 14.3. The number of amides is 2. The summed E-state index contributed by atoms with van der Waals surface area (Å²) in [5.74, 6) is 0.875. The number of carbonyl (C=O) groups excluding carboxylic acids is 1. The van der Waals surface area contributed by atoms with Gasteiger partial charge in [0, 0.05) is 10.7 Å². The average molecular weight is 333 g/mol. The van der Waals surface area contributed by atoms with Crippen molar-refractivity contribution in [2.75, 3.05) is 18.5 Å². The molecule has 0 radical (unpaired) electrons. The van der Waals surface area contributed by atoms with Crippen molar-refractivity contribution in [3.63, 3.8) is 0 Å². The third kappa shape index (κ3) is 4.89. The fraction of sp³-hybridized carbons (Fsp3) is 0.278. The van der Waals surface area contributed by atoms with Crippen LogP contribution < -0.4 is 15.4 Å². The SMILES string of the molecule is Cc1ccc(Cl)cc1NC(=O)NCCOc1c(C)cccc1C. The second-order valence-corrected chi connectivity index (χ2v) is 5.85. The minimum absolute atomic E-state index is 0.277. The topological polar surface area (TPSA) is 50.4 Å². The molecule has 0 fully saturated rings. The molecule has 0 saturated heterocycles. The molecular weight excluding hydrogens is 312 g/mol. The first-order valence-electron chi connectivity index (χ1n) is 7.47. The monoisotopic (exact) mass is 332 g/mol. The maximum atomic E-state index is 11.9. The van der Waals surface area contributed by atoms with Gasteiger partial charge in [0.25, 0.3) is 0 Å². The summed E-state index contributed by atoms with van der Waals surface area (Å²) in [5.41, 5.74) is 3.83. The lowest BCUT2D eigenvalue weighted by atomic mass is 10.1. The Labute approximate surface area is 141 Å². The number of aryl methyl sites for hydroxylation is 3. The summed E-state index contributed by atoms with van der Waals surface area (Å²) in [6.07, 6.45) is 0. The number of hydrogen-bond donors (Lipinski definition) is 2. The van der Waals surface area contributed by atoms with Gasteiger partial charge in [-0.3, -0.25) is 0 Å². The van der Waals surface area contributed by atoms with Gasteiger partial charge in [0.05, 0.1) is 6.54 Å². The average Bonchev–Trinajstić information content (AvgIpc) is 2.50. The molecule has 0 aliphatic rings. The van der Waals surface area contributed by atoms with E-state index in [1.807, 2.05) is 45.0 Å². The Hall–Kier alpha value is -2.20. The zero-order valence-electron chi connectivity index (χ0n) is 13.6. The third-order valence-electron chi connectivity index (χ3n) is 3.49. The van der Waals surface area contributed by atoms with Crippen LogP contribution in [0.4, 0.5) is 10.5 Å². The van der Waals surface area contributed by atoms with Gasteiger partial charge in [-0.05, 0) is 49.6 Å². The number of halogens is 1. The number of anilines is 1. The zero-order chi connectivity index (χ0) is 16.8. The van der Waals surface area contributed by atoms with Gasteiger partial charge in [0.2, 0.25) is 0 Å². The molecule has 2 rings (SSSR count). The Bertz CT molecular complexity index is 681. The number of ether oxygens (including phenoxy) is 1. The molecule has 0 atom stereocenters. The highest BCUT2D eigenvalue weighted by molar-refractivity contribution is 6.31. The Morgan fingerprint density at radius 2 is 1.78 bits per heavy atom. The molecule has 2 N–H and O–H groups in total. The molecule has 0 aromatic heterocycles. The van der Waals surface area contributed by atoms with Gasteiger partial charge >= 0.3 is 6.03 Å². The van der Waals surface area contributed by atoms with Crippen molar-refractivity contribution in [2.24, 2.45) is 0 Å². The fourth-order valence-electron chi connectivity index (χ4n) is 2.24. The Balaban J connectivity index is 1.80. The molecule has 122 valence electrons. The predicted molar refractivity (Wildman–Crippen MR) is 94.6 cm³/mol. The molecule has 0 bridgehead atoms. The van der Waals surface area contributed by atoms with Crippen LogP contribution in [0.15, 0.2) is 36.4 Å². The van der Waals surface area contributed by atoms with Crippen LogP contribution in [0.25, 0.3) is 0 Å². The first-order chi connectivity index (χ1) is 11.0. The highest BCUT2D eigenvalue weighted by Crippen LogP contribution is 2.22. The Morgan fingerprint density at radius 3 is 2.48 bits per heavy atom. The van der Waals surface area contributed by atoms with Crippen molar-refractivity contribution in [1.29, 1.82) is 0 Å². The first kappa shape index (κ1) is 17.2. The summed E-state index contributed by atoms with van der Waals surface area (Å²) in [6.45, 7) is 6.75. The van der Waals surface area contributed by atoms with Gasteiger partial charge < -0.3 is 15.4 Å². The Kier molecular flexibility index (Phi) is 5.88. The van der Waals surface area contributed by atoms with Crippen LogP contribution in [0, 0.1) is 20.8 Å². The number of benzene rings is 2. The van der Waals surface area contributed by atoms with Crippen LogP contribution in [0.5, 0.6) is 5.75 Å². The van der Waals surface area contributed by atoms with Crippen LogP contribution in [0.2, 0.25) is 5.02 Å². The highest BCUT2D eigenvalue weighted by Gasteiger charge is 2.06. The maximum Gasteiger partial charge on any atom is 0.319 e. The molecule has 0 saturated carbocycles. The van der Waals surface area contributed by atoms with Crippen molar-refractivity contribution in [3.8, 4) is 5.75 Å². The summed E-state index contributed by atoms with van der Waals surface area (Å²) in [6, 6.07) is 11.1. The van der Waals surface area contributed by atoms with E-state index in [-0.39, 0.29) is 6.03 Å². The number of rotatable bonds is 5. The maximum absolute atomic E-state index is 11.9. The van der Waals surface area contributed by atoms with Gasteiger partial charge in [-0.2, -0.15) is 0 Å². The highest BCUT2D eigenvalue weighted by atomic mass is 35.5. The summed E-state index contributed by atoms with van der Waals surface area (Å²) < 4.78 is 5.75. The standard InChI is InChI=1S/C18H21ClN2O2/c1-12-7-8-15(19)11-16(12)21-18(22)20-9-10-23-17-13(2)5-4-6-14(17)3/h4-8,11H,9-10H2,1-3H3,(H2,20,21,22). The number of urea groups is 1. The Morgan fingerprint density at radius 1 is 1.09 bits per heavy atom. The van der Waals surface area contributed by atoms with Gasteiger partial charge in [-0.25, -0.2) is 4.79 Å². The smallest absolute Gasteiger partial charge is 0.319 e. The summed E-state index contributed by atoms with van der Waals surface area (Å²) in [4.78, 5) is 11.9. The molecule has 2 aromatic rings. The van der Waals surface area contributed by atoms with Crippen LogP contribution in [-0.4, -0.2) is 19.2 Å². The molecule has 4 nitrogen and oxygen atoms in total. The van der Waals surface area contributed by atoms with Crippen molar-refractivity contribution in [2.45, 2.75) is 20.8 Å². The minimum Gasteiger partial charge on any atom is -0.491 e. The summed E-state index contributed by atoms with van der Waals surface area (Å²) in [7, 11) is 0. The van der Waals surface area contributed by atoms with E-state index >= 15 is 0 Å². The van der Waals surface area contributed by atoms with Gasteiger partial charge in [-0.15, -0.1) is 0 Å². The number of nitrogens with one attached hydrogen (secondary N) is 2. The molecule has 2 aromatic carbocycles. The van der Waals surface area contributed by atoms with E-state index in [1.54, 1.807) is 12.1 Å². The molecule has 2 amide bonds. The molecule has 0 aliphatic heterocycles. The van der Waals surface area contributed by atoms with Crippen LogP contribution in [-0.2, 0) is 0 Å². The van der Waals surface area contributed by atoms with E-state index in [2.05, 4.69) is 10.6 Å². The lowest BCUT2D eigenvalue weighted by Crippen LogP contribution is -2.32. The molecule has 0 heterocycles.